The lowest BCUT2D eigenvalue weighted by Gasteiger charge is -2.25. The molecule has 1 aromatic rings. The first-order valence-electron chi connectivity index (χ1n) is 7.36. The lowest BCUT2D eigenvalue weighted by Crippen LogP contribution is -2.34. The first kappa shape index (κ1) is 14.5. The highest BCUT2D eigenvalue weighted by Gasteiger charge is 2.39. The van der Waals surface area contributed by atoms with E-state index in [1.165, 1.54) is 12.8 Å². The highest BCUT2D eigenvalue weighted by molar-refractivity contribution is 5.08. The number of hydrogen-bond acceptors (Lipinski definition) is 5. The Bertz CT molecular complexity index is 389. The molecule has 0 aliphatic heterocycles. The fourth-order valence-corrected chi connectivity index (χ4v) is 2.49. The minimum Gasteiger partial charge on any atom is -0.370 e. The fraction of sp³-hybridized carbons (Fsp3) is 0.857. The smallest absolute Gasteiger partial charge is 0.234 e. The van der Waals surface area contributed by atoms with E-state index in [0.717, 1.165) is 12.8 Å². The van der Waals surface area contributed by atoms with Crippen molar-refractivity contribution in [2.75, 3.05) is 13.2 Å². The van der Waals surface area contributed by atoms with Crippen molar-refractivity contribution in [3.05, 3.63) is 11.7 Å². The number of ether oxygens (including phenoxy) is 1. The summed E-state index contributed by atoms with van der Waals surface area (Å²) in [5.41, 5.74) is 5.73. The van der Waals surface area contributed by atoms with E-state index in [9.17, 15) is 0 Å². The Kier molecular flexibility index (Phi) is 4.58. The SMILES string of the molecule is CCOC(c1noc(C(CC)(CC)CN)n1)C1CC1. The lowest BCUT2D eigenvalue weighted by atomic mass is 9.82. The third kappa shape index (κ3) is 2.82. The summed E-state index contributed by atoms with van der Waals surface area (Å²) in [6, 6.07) is 0. The second kappa shape index (κ2) is 6.01. The lowest BCUT2D eigenvalue weighted by molar-refractivity contribution is 0.0384. The summed E-state index contributed by atoms with van der Waals surface area (Å²) >= 11 is 0. The van der Waals surface area contributed by atoms with Gasteiger partial charge in [0.05, 0.1) is 5.41 Å². The van der Waals surface area contributed by atoms with Gasteiger partial charge in [0, 0.05) is 13.2 Å². The van der Waals surface area contributed by atoms with Crippen molar-refractivity contribution in [1.29, 1.82) is 0 Å². The first-order chi connectivity index (χ1) is 9.20. The topological polar surface area (TPSA) is 74.2 Å². The average molecular weight is 267 g/mol. The highest BCUT2D eigenvalue weighted by atomic mass is 16.5. The van der Waals surface area contributed by atoms with Gasteiger partial charge >= 0.3 is 0 Å². The van der Waals surface area contributed by atoms with Crippen molar-refractivity contribution in [2.45, 2.75) is 58.0 Å². The fourth-order valence-electron chi connectivity index (χ4n) is 2.49. The van der Waals surface area contributed by atoms with Crippen LogP contribution < -0.4 is 5.73 Å². The molecular weight excluding hydrogens is 242 g/mol. The summed E-state index contributed by atoms with van der Waals surface area (Å²) in [7, 11) is 0. The maximum Gasteiger partial charge on any atom is 0.234 e. The molecule has 1 fully saturated rings. The molecule has 5 heteroatoms. The van der Waals surface area contributed by atoms with Crippen LogP contribution in [-0.2, 0) is 10.2 Å². The summed E-state index contributed by atoms with van der Waals surface area (Å²) in [6.07, 6.45) is 4.19. The van der Waals surface area contributed by atoms with Gasteiger partial charge in [0.25, 0.3) is 0 Å². The van der Waals surface area contributed by atoms with E-state index in [0.29, 0.717) is 30.8 Å². The molecule has 1 aromatic heterocycles. The second-order valence-electron chi connectivity index (χ2n) is 5.36. The van der Waals surface area contributed by atoms with Crippen molar-refractivity contribution in [1.82, 2.24) is 10.1 Å². The Hall–Kier alpha value is -0.940. The van der Waals surface area contributed by atoms with Gasteiger partial charge in [-0.3, -0.25) is 0 Å². The van der Waals surface area contributed by atoms with Crippen LogP contribution in [0, 0.1) is 5.92 Å². The summed E-state index contributed by atoms with van der Waals surface area (Å²) in [5.74, 6) is 1.92. The molecule has 2 N–H and O–H groups in total. The molecule has 0 spiro atoms. The third-order valence-corrected chi connectivity index (χ3v) is 4.29. The summed E-state index contributed by atoms with van der Waals surface area (Å²) < 4.78 is 11.2. The molecule has 0 aromatic carbocycles. The molecule has 1 unspecified atom stereocenters. The maximum absolute atomic E-state index is 5.92. The number of rotatable bonds is 8. The highest BCUT2D eigenvalue weighted by Crippen LogP contribution is 2.43. The predicted octanol–water partition coefficient (Wildman–Crippen LogP) is 2.57. The van der Waals surface area contributed by atoms with E-state index in [2.05, 4.69) is 24.0 Å². The van der Waals surface area contributed by atoms with Crippen LogP contribution in [0.1, 0.15) is 64.3 Å². The van der Waals surface area contributed by atoms with E-state index < -0.39 is 0 Å². The van der Waals surface area contributed by atoms with Crippen LogP contribution in [0.25, 0.3) is 0 Å². The van der Waals surface area contributed by atoms with Crippen molar-refractivity contribution >= 4 is 0 Å². The third-order valence-electron chi connectivity index (χ3n) is 4.29. The predicted molar refractivity (Wildman–Crippen MR) is 72.7 cm³/mol. The second-order valence-corrected chi connectivity index (χ2v) is 5.36. The van der Waals surface area contributed by atoms with Gasteiger partial charge in [0.15, 0.2) is 0 Å². The van der Waals surface area contributed by atoms with Crippen LogP contribution in [-0.4, -0.2) is 23.3 Å². The Morgan fingerprint density at radius 2 is 2.05 bits per heavy atom. The Balaban J connectivity index is 2.21. The molecule has 0 saturated heterocycles. The normalized spacial score (nSPS) is 17.7. The van der Waals surface area contributed by atoms with E-state index in [-0.39, 0.29) is 11.5 Å². The first-order valence-corrected chi connectivity index (χ1v) is 7.36. The van der Waals surface area contributed by atoms with Crippen LogP contribution in [0.4, 0.5) is 0 Å². The van der Waals surface area contributed by atoms with Crippen molar-refractivity contribution in [3.8, 4) is 0 Å². The Morgan fingerprint density at radius 3 is 2.53 bits per heavy atom. The number of nitrogens with zero attached hydrogens (tertiary/aromatic N) is 2. The summed E-state index contributed by atoms with van der Waals surface area (Å²) in [4.78, 5) is 4.59. The van der Waals surface area contributed by atoms with Gasteiger partial charge in [-0.15, -0.1) is 0 Å². The zero-order valence-electron chi connectivity index (χ0n) is 12.2. The molecule has 1 heterocycles. The van der Waals surface area contributed by atoms with Gasteiger partial charge in [-0.2, -0.15) is 4.98 Å². The molecule has 19 heavy (non-hydrogen) atoms. The molecule has 1 aliphatic rings. The molecule has 108 valence electrons. The maximum atomic E-state index is 5.92. The number of hydrogen-bond donors (Lipinski definition) is 1. The molecular formula is C14H25N3O2. The summed E-state index contributed by atoms with van der Waals surface area (Å²) in [6.45, 7) is 7.43. The molecule has 1 aliphatic carbocycles. The van der Waals surface area contributed by atoms with Gasteiger partial charge < -0.3 is 15.0 Å². The molecule has 5 nitrogen and oxygen atoms in total. The van der Waals surface area contributed by atoms with Crippen molar-refractivity contribution in [3.63, 3.8) is 0 Å². The van der Waals surface area contributed by atoms with Gasteiger partial charge in [0.2, 0.25) is 11.7 Å². The number of aromatic nitrogens is 2. The van der Waals surface area contributed by atoms with Crippen LogP contribution in [0.5, 0.6) is 0 Å². The zero-order valence-corrected chi connectivity index (χ0v) is 12.2. The average Bonchev–Trinajstić information content (AvgIpc) is 3.16. The van der Waals surface area contributed by atoms with Crippen molar-refractivity contribution < 1.29 is 9.26 Å². The zero-order chi connectivity index (χ0) is 13.9. The molecule has 1 saturated carbocycles. The van der Waals surface area contributed by atoms with E-state index in [1.807, 2.05) is 6.92 Å². The van der Waals surface area contributed by atoms with Crippen LogP contribution in [0.2, 0.25) is 0 Å². The largest absolute Gasteiger partial charge is 0.370 e. The van der Waals surface area contributed by atoms with Crippen LogP contribution >= 0.6 is 0 Å². The van der Waals surface area contributed by atoms with Gasteiger partial charge in [-0.05, 0) is 38.5 Å². The minimum atomic E-state index is -0.189. The molecule has 2 rings (SSSR count). The van der Waals surface area contributed by atoms with Gasteiger partial charge in [-0.1, -0.05) is 19.0 Å². The molecule has 1 atom stereocenters. The van der Waals surface area contributed by atoms with Gasteiger partial charge in [0.1, 0.15) is 6.10 Å². The molecule has 0 bridgehead atoms. The Labute approximate surface area is 114 Å². The molecule has 0 radical (unpaired) electrons. The van der Waals surface area contributed by atoms with Gasteiger partial charge in [-0.25, -0.2) is 0 Å². The van der Waals surface area contributed by atoms with Crippen molar-refractivity contribution in [2.24, 2.45) is 11.7 Å². The minimum absolute atomic E-state index is 0.00770. The van der Waals surface area contributed by atoms with Crippen LogP contribution in [0.15, 0.2) is 4.52 Å². The van der Waals surface area contributed by atoms with Crippen LogP contribution in [0.3, 0.4) is 0 Å². The quantitative estimate of drug-likeness (QED) is 0.783. The molecule has 0 amide bonds. The number of nitrogens with two attached hydrogens (primary N) is 1. The summed E-state index contributed by atoms with van der Waals surface area (Å²) in [5, 5.41) is 4.14. The van der Waals surface area contributed by atoms with E-state index >= 15 is 0 Å². The van der Waals surface area contributed by atoms with E-state index in [1.54, 1.807) is 0 Å². The standard InChI is InChI=1S/C14H25N3O2/c1-4-14(5-2,9-15)13-16-12(17-19-13)11(18-6-3)10-7-8-10/h10-11H,4-9,15H2,1-3H3. The monoisotopic (exact) mass is 267 g/mol. The van der Waals surface area contributed by atoms with E-state index in [4.69, 9.17) is 15.0 Å². The Morgan fingerprint density at radius 1 is 1.37 bits per heavy atom.